The number of aliphatic hydroxyl groups is 1. The Morgan fingerprint density at radius 3 is 2.75 bits per heavy atom. The van der Waals surface area contributed by atoms with Gasteiger partial charge in [-0.15, -0.1) is 0 Å². The van der Waals surface area contributed by atoms with Crippen LogP contribution in [0.25, 0.3) is 0 Å². The van der Waals surface area contributed by atoms with E-state index in [1.165, 1.54) is 5.57 Å². The summed E-state index contributed by atoms with van der Waals surface area (Å²) in [7, 11) is 0. The molecule has 0 saturated heterocycles. The van der Waals surface area contributed by atoms with Crippen LogP contribution < -0.4 is 5.73 Å². The lowest BCUT2D eigenvalue weighted by Crippen LogP contribution is -2.46. The maximum atomic E-state index is 15.6. The monoisotopic (exact) mass is 491 g/mol. The Hall–Kier alpha value is -2.75. The number of hydrogen-bond acceptors (Lipinski definition) is 5. The molecule has 1 unspecified atom stereocenters. The van der Waals surface area contributed by atoms with E-state index in [-0.39, 0.29) is 60.5 Å². The molecule has 1 aromatic carbocycles. The second-order valence-corrected chi connectivity index (χ2v) is 10.9. The average molecular weight is 492 g/mol. The molecule has 2 fully saturated rings. The summed E-state index contributed by atoms with van der Waals surface area (Å²) in [6.07, 6.45) is 4.25. The van der Waals surface area contributed by atoms with Crippen molar-refractivity contribution in [3.8, 4) is 11.8 Å². The first-order valence-electron chi connectivity index (χ1n) is 13.0. The molecular formula is C30H34FNO4. The minimum absolute atomic E-state index is 0.00102. The Kier molecular flexibility index (Phi) is 6.89. The Labute approximate surface area is 212 Å². The molecule has 0 radical (unpaired) electrons. The van der Waals surface area contributed by atoms with Gasteiger partial charge in [-0.1, -0.05) is 36.5 Å². The predicted molar refractivity (Wildman–Crippen MR) is 136 cm³/mol. The third-order valence-electron chi connectivity index (χ3n) is 9.10. The number of alkyl halides is 1. The lowest BCUT2D eigenvalue weighted by Gasteiger charge is -2.53. The van der Waals surface area contributed by atoms with Gasteiger partial charge in [0.25, 0.3) is 0 Å². The lowest BCUT2D eigenvalue weighted by molar-refractivity contribution is -0.131. The number of Topliss-reactive ketones (excluding diaryl/α,β-unsaturated/α-hetero) is 1. The minimum Gasteiger partial charge on any atom is -0.399 e. The number of allylic oxidation sites excluding steroid dienone is 4. The Morgan fingerprint density at radius 1 is 1.22 bits per heavy atom. The van der Waals surface area contributed by atoms with Crippen LogP contribution in [0.15, 0.2) is 47.1 Å². The molecule has 0 spiro atoms. The van der Waals surface area contributed by atoms with Crippen LogP contribution in [0, 0.1) is 35.0 Å². The fraction of sp³-hybridized carbons (Fsp3) is 0.533. The zero-order valence-electron chi connectivity index (χ0n) is 20.8. The second-order valence-electron chi connectivity index (χ2n) is 10.9. The molecule has 36 heavy (non-hydrogen) atoms. The van der Waals surface area contributed by atoms with Gasteiger partial charge in [0.05, 0.1) is 0 Å². The number of halogens is 1. The van der Waals surface area contributed by atoms with Crippen LogP contribution in [0.5, 0.6) is 0 Å². The smallest absolute Gasteiger partial charge is 0.162 e. The number of aliphatic hydroxyl groups excluding tert-OH is 1. The summed E-state index contributed by atoms with van der Waals surface area (Å²) in [4.78, 5) is 25.5. The number of fused-ring (bicyclic) bond motifs is 4. The van der Waals surface area contributed by atoms with Gasteiger partial charge in [0.2, 0.25) is 0 Å². The number of ketones is 2. The first-order valence-corrected chi connectivity index (χ1v) is 13.0. The van der Waals surface area contributed by atoms with Crippen LogP contribution in [0.3, 0.4) is 0 Å². The number of hydrogen-bond donors (Lipinski definition) is 2. The molecule has 0 bridgehead atoms. The van der Waals surface area contributed by atoms with Crippen molar-refractivity contribution in [3.63, 3.8) is 0 Å². The molecule has 4 aliphatic rings. The van der Waals surface area contributed by atoms with Gasteiger partial charge >= 0.3 is 0 Å². The van der Waals surface area contributed by atoms with E-state index in [9.17, 15) is 9.59 Å². The van der Waals surface area contributed by atoms with Crippen molar-refractivity contribution in [1.82, 2.24) is 0 Å². The molecule has 0 aliphatic heterocycles. The summed E-state index contributed by atoms with van der Waals surface area (Å²) in [5.41, 5.74) is 10.5. The number of carbonyl (C=O) groups is 2. The van der Waals surface area contributed by atoms with E-state index < -0.39 is 6.17 Å². The fourth-order valence-corrected chi connectivity index (χ4v) is 7.60. The largest absolute Gasteiger partial charge is 0.399 e. The van der Waals surface area contributed by atoms with Crippen LogP contribution in [0.1, 0.15) is 56.9 Å². The zero-order chi connectivity index (χ0) is 25.4. The molecule has 6 atom stereocenters. The van der Waals surface area contributed by atoms with Gasteiger partial charge in [-0.2, -0.15) is 0 Å². The molecule has 3 N–H and O–H groups in total. The van der Waals surface area contributed by atoms with E-state index in [2.05, 4.69) is 30.9 Å². The van der Waals surface area contributed by atoms with Crippen LogP contribution in [0.4, 0.5) is 10.1 Å². The van der Waals surface area contributed by atoms with E-state index >= 15 is 4.39 Å². The number of benzene rings is 1. The molecular weight excluding hydrogens is 457 g/mol. The molecule has 2 saturated carbocycles. The molecule has 5 rings (SSSR count). The van der Waals surface area contributed by atoms with E-state index in [4.69, 9.17) is 15.6 Å². The Morgan fingerprint density at radius 2 is 2.00 bits per heavy atom. The number of ether oxygens (including phenoxy) is 1. The fourth-order valence-electron chi connectivity index (χ4n) is 7.60. The van der Waals surface area contributed by atoms with Crippen LogP contribution in [-0.4, -0.2) is 42.7 Å². The minimum atomic E-state index is -1.14. The Balaban J connectivity index is 1.52. The molecule has 6 heteroatoms. The van der Waals surface area contributed by atoms with E-state index in [0.29, 0.717) is 30.5 Å². The standard InChI is InChI=1S/C30H34FNO4/c1-30-16-24(18-4-6-19(32)7-5-18)29-21-9-8-20(34)14-22(21)27(31)15-23(29)25(30)10-11-26(30)28(35)17-36-13-3-2-12-33/h4-7,14,23-27,33H,8-13,15-17,32H2,1H3/t23-,24+,25-,26+,27?,30-/m0/s1. The normalized spacial score (nSPS) is 33.1. The van der Waals surface area contributed by atoms with Gasteiger partial charge in [0.1, 0.15) is 26.0 Å². The highest BCUT2D eigenvalue weighted by molar-refractivity contribution is 5.93. The van der Waals surface area contributed by atoms with Crippen LogP contribution in [-0.2, 0) is 14.3 Å². The highest BCUT2D eigenvalue weighted by Crippen LogP contribution is 2.66. The van der Waals surface area contributed by atoms with Gasteiger partial charge in [-0.25, -0.2) is 4.39 Å². The van der Waals surface area contributed by atoms with Gasteiger partial charge in [0.15, 0.2) is 11.6 Å². The third-order valence-corrected chi connectivity index (χ3v) is 9.10. The topological polar surface area (TPSA) is 89.6 Å². The van der Waals surface area contributed by atoms with Crippen molar-refractivity contribution in [1.29, 1.82) is 0 Å². The average Bonchev–Trinajstić information content (AvgIpc) is 3.21. The summed E-state index contributed by atoms with van der Waals surface area (Å²) >= 11 is 0. The van der Waals surface area contributed by atoms with Crippen molar-refractivity contribution in [2.24, 2.45) is 23.2 Å². The lowest BCUT2D eigenvalue weighted by atomic mass is 9.51. The van der Waals surface area contributed by atoms with Crippen molar-refractivity contribution >= 4 is 17.3 Å². The predicted octanol–water partition coefficient (Wildman–Crippen LogP) is 4.31. The quantitative estimate of drug-likeness (QED) is 0.364. The maximum Gasteiger partial charge on any atom is 0.162 e. The van der Waals surface area contributed by atoms with E-state index in [0.717, 1.165) is 30.4 Å². The number of nitrogen functional groups attached to an aromatic ring is 1. The maximum absolute atomic E-state index is 15.6. The molecule has 0 heterocycles. The molecule has 190 valence electrons. The second kappa shape index (κ2) is 9.95. The number of carbonyl (C=O) groups excluding carboxylic acids is 2. The number of nitrogens with two attached hydrogens (primary N) is 1. The summed E-state index contributed by atoms with van der Waals surface area (Å²) in [6.45, 7) is 2.10. The van der Waals surface area contributed by atoms with Gasteiger partial charge < -0.3 is 15.6 Å². The molecule has 4 aliphatic carbocycles. The summed E-state index contributed by atoms with van der Waals surface area (Å²) < 4.78 is 21.1. The number of rotatable bonds is 5. The molecule has 0 amide bonds. The van der Waals surface area contributed by atoms with Crippen molar-refractivity contribution in [3.05, 3.63) is 52.6 Å². The summed E-state index contributed by atoms with van der Waals surface area (Å²) in [5.74, 6) is 5.47. The van der Waals surface area contributed by atoms with Crippen LogP contribution >= 0.6 is 0 Å². The molecule has 1 aromatic rings. The van der Waals surface area contributed by atoms with Gasteiger partial charge in [-0.3, -0.25) is 9.59 Å². The highest BCUT2D eigenvalue weighted by atomic mass is 19.1. The SMILES string of the molecule is C[C@]12C[C@H](c3ccc(N)cc3)C3=C4CCC(=O)C=C4C(F)C[C@H]3[C@@H]1CC[C@@H]2C(=O)COCC#CCO. The number of anilines is 1. The summed E-state index contributed by atoms with van der Waals surface area (Å²) in [5, 5.41) is 8.79. The van der Waals surface area contributed by atoms with Crippen molar-refractivity contribution < 1.29 is 23.8 Å². The first-order chi connectivity index (χ1) is 17.3. The van der Waals surface area contributed by atoms with Crippen LogP contribution in [0.2, 0.25) is 0 Å². The van der Waals surface area contributed by atoms with Gasteiger partial charge in [0, 0.05) is 23.9 Å². The molecule has 5 nitrogen and oxygen atoms in total. The first kappa shape index (κ1) is 24.9. The van der Waals surface area contributed by atoms with Gasteiger partial charge in [-0.05, 0) is 84.3 Å². The van der Waals surface area contributed by atoms with E-state index in [1.807, 2.05) is 12.1 Å². The Bertz CT molecular complexity index is 1170. The highest BCUT2D eigenvalue weighted by Gasteiger charge is 2.59. The third kappa shape index (κ3) is 4.33. The van der Waals surface area contributed by atoms with Crippen molar-refractivity contribution in [2.75, 3.05) is 25.6 Å². The molecule has 0 aromatic heterocycles. The summed E-state index contributed by atoms with van der Waals surface area (Å²) in [6, 6.07) is 7.93. The van der Waals surface area contributed by atoms with Crippen molar-refractivity contribution in [2.45, 2.75) is 57.5 Å². The van der Waals surface area contributed by atoms with E-state index in [1.54, 1.807) is 6.08 Å². The zero-order valence-corrected chi connectivity index (χ0v) is 20.8.